The van der Waals surface area contributed by atoms with Gasteiger partial charge in [-0.05, 0) is 39.9 Å². The molecule has 5 N–H and O–H groups in total. The molecule has 0 aliphatic heterocycles. The fourth-order valence-corrected chi connectivity index (χ4v) is 3.59. The van der Waals surface area contributed by atoms with Crippen LogP contribution in [0.5, 0.6) is 0 Å². The van der Waals surface area contributed by atoms with Crippen molar-refractivity contribution in [2.24, 2.45) is 5.73 Å². The SMILES string of the molecule is CCCCCCCCCCCCCCCCC(CCCN)N(C)C.Cl.N. The van der Waals surface area contributed by atoms with E-state index >= 15 is 0 Å². The molecule has 0 aliphatic carbocycles. The minimum atomic E-state index is 0. The third kappa shape index (κ3) is 22.2. The van der Waals surface area contributed by atoms with Crippen LogP contribution >= 0.6 is 12.4 Å². The number of halogens is 1. The number of rotatable bonds is 19. The van der Waals surface area contributed by atoms with Crippen molar-refractivity contribution >= 4 is 12.4 Å². The van der Waals surface area contributed by atoms with E-state index in [1.807, 2.05) is 0 Å². The highest BCUT2D eigenvalue weighted by atomic mass is 35.5. The molecule has 1 unspecified atom stereocenters. The molecule has 0 aromatic rings. The first-order valence-electron chi connectivity index (χ1n) is 11.1. The van der Waals surface area contributed by atoms with Gasteiger partial charge in [-0.15, -0.1) is 12.4 Å². The first kappa shape index (κ1) is 30.9. The van der Waals surface area contributed by atoms with Crippen LogP contribution in [0.4, 0.5) is 0 Å². The minimum Gasteiger partial charge on any atom is -0.344 e. The molecular formula is C22H52ClN3. The van der Waals surface area contributed by atoms with E-state index in [0.29, 0.717) is 0 Å². The van der Waals surface area contributed by atoms with Crippen molar-refractivity contribution in [3.63, 3.8) is 0 Å². The molecule has 4 heteroatoms. The molecule has 0 rings (SSSR count). The van der Waals surface area contributed by atoms with Crippen LogP contribution < -0.4 is 11.9 Å². The normalized spacial score (nSPS) is 11.9. The average Bonchev–Trinajstić information content (AvgIpc) is 2.57. The molecule has 0 aromatic carbocycles. The highest BCUT2D eigenvalue weighted by molar-refractivity contribution is 5.85. The van der Waals surface area contributed by atoms with Crippen molar-refractivity contribution in [1.82, 2.24) is 11.1 Å². The van der Waals surface area contributed by atoms with E-state index in [0.717, 1.165) is 12.6 Å². The lowest BCUT2D eigenvalue weighted by Crippen LogP contribution is -2.28. The molecular weight excluding hydrogens is 342 g/mol. The van der Waals surface area contributed by atoms with Gasteiger partial charge in [0.25, 0.3) is 0 Å². The lowest BCUT2D eigenvalue weighted by molar-refractivity contribution is 0.254. The summed E-state index contributed by atoms with van der Waals surface area (Å²) in [6.45, 7) is 3.13. The maximum Gasteiger partial charge on any atom is 0.00896 e. The van der Waals surface area contributed by atoms with Gasteiger partial charge in [0.05, 0.1) is 0 Å². The van der Waals surface area contributed by atoms with E-state index in [-0.39, 0.29) is 18.6 Å². The van der Waals surface area contributed by atoms with Gasteiger partial charge in [-0.3, -0.25) is 0 Å². The molecule has 0 bridgehead atoms. The largest absolute Gasteiger partial charge is 0.344 e. The summed E-state index contributed by atoms with van der Waals surface area (Å²) in [5.41, 5.74) is 5.64. The second-order valence-corrected chi connectivity index (χ2v) is 7.93. The molecule has 0 saturated heterocycles. The summed E-state index contributed by atoms with van der Waals surface area (Å²) in [4.78, 5) is 2.39. The molecule has 0 aliphatic rings. The maximum absolute atomic E-state index is 5.64. The third-order valence-corrected chi connectivity index (χ3v) is 5.36. The number of hydrogen-bond acceptors (Lipinski definition) is 3. The number of hydrogen-bond donors (Lipinski definition) is 2. The van der Waals surface area contributed by atoms with E-state index in [1.54, 1.807) is 0 Å². The predicted octanol–water partition coefficient (Wildman–Crippen LogP) is 7.11. The predicted molar refractivity (Wildman–Crippen MR) is 123 cm³/mol. The fourth-order valence-electron chi connectivity index (χ4n) is 3.59. The summed E-state index contributed by atoms with van der Waals surface area (Å²) in [6, 6.07) is 0.742. The quantitative estimate of drug-likeness (QED) is 0.230. The molecule has 3 nitrogen and oxygen atoms in total. The Bertz CT molecular complexity index is 237. The zero-order chi connectivity index (χ0) is 17.9. The third-order valence-electron chi connectivity index (χ3n) is 5.36. The van der Waals surface area contributed by atoms with E-state index in [2.05, 4.69) is 25.9 Å². The van der Waals surface area contributed by atoms with Gasteiger partial charge < -0.3 is 16.8 Å². The van der Waals surface area contributed by atoms with Gasteiger partial charge in [0.2, 0.25) is 0 Å². The van der Waals surface area contributed by atoms with E-state index in [9.17, 15) is 0 Å². The second kappa shape index (κ2) is 25.2. The highest BCUT2D eigenvalue weighted by Gasteiger charge is 2.09. The Morgan fingerprint density at radius 2 is 0.962 bits per heavy atom. The van der Waals surface area contributed by atoms with Gasteiger partial charge >= 0.3 is 0 Å². The molecule has 0 heterocycles. The average molecular weight is 394 g/mol. The second-order valence-electron chi connectivity index (χ2n) is 7.93. The zero-order valence-electron chi connectivity index (χ0n) is 18.4. The van der Waals surface area contributed by atoms with Crippen LogP contribution in [0.15, 0.2) is 0 Å². The number of nitrogens with zero attached hydrogens (tertiary/aromatic N) is 1. The van der Waals surface area contributed by atoms with Crippen molar-refractivity contribution in [3.8, 4) is 0 Å². The topological polar surface area (TPSA) is 64.3 Å². The standard InChI is InChI=1S/C22H48N2.ClH.H3N/c1-4-5-6-7-8-9-10-11-12-13-14-15-16-17-19-22(24(2)3)20-18-21-23;;/h22H,4-21,23H2,1-3H3;1H;1H3. The van der Waals surface area contributed by atoms with E-state index < -0.39 is 0 Å². The van der Waals surface area contributed by atoms with Crippen molar-refractivity contribution < 1.29 is 0 Å². The van der Waals surface area contributed by atoms with Crippen molar-refractivity contribution in [2.45, 2.75) is 122 Å². The van der Waals surface area contributed by atoms with Crippen LogP contribution in [-0.4, -0.2) is 31.6 Å². The molecule has 0 spiro atoms. The molecule has 0 radical (unpaired) electrons. The van der Waals surface area contributed by atoms with Gasteiger partial charge in [0.1, 0.15) is 0 Å². The van der Waals surface area contributed by atoms with Gasteiger partial charge in [0.15, 0.2) is 0 Å². The van der Waals surface area contributed by atoms with Crippen LogP contribution in [-0.2, 0) is 0 Å². The monoisotopic (exact) mass is 393 g/mol. The Labute approximate surface area is 172 Å². The van der Waals surface area contributed by atoms with Gasteiger partial charge in [-0.25, -0.2) is 0 Å². The van der Waals surface area contributed by atoms with Crippen LogP contribution in [0.2, 0.25) is 0 Å². The van der Waals surface area contributed by atoms with Crippen LogP contribution in [0.3, 0.4) is 0 Å². The Morgan fingerprint density at radius 1 is 0.615 bits per heavy atom. The first-order valence-corrected chi connectivity index (χ1v) is 11.1. The molecule has 26 heavy (non-hydrogen) atoms. The summed E-state index contributed by atoms with van der Waals surface area (Å²) < 4.78 is 0. The summed E-state index contributed by atoms with van der Waals surface area (Å²) in [6.07, 6.45) is 24.0. The number of nitrogens with two attached hydrogens (primary N) is 1. The summed E-state index contributed by atoms with van der Waals surface area (Å²) in [7, 11) is 4.43. The van der Waals surface area contributed by atoms with Crippen LogP contribution in [0.25, 0.3) is 0 Å². The van der Waals surface area contributed by atoms with Crippen LogP contribution in [0, 0.1) is 0 Å². The first-order chi connectivity index (χ1) is 11.7. The molecule has 0 fully saturated rings. The molecule has 0 amide bonds. The smallest absolute Gasteiger partial charge is 0.00896 e. The van der Waals surface area contributed by atoms with Crippen molar-refractivity contribution in [1.29, 1.82) is 0 Å². The maximum atomic E-state index is 5.64. The fraction of sp³-hybridized carbons (Fsp3) is 1.00. The minimum absolute atomic E-state index is 0. The summed E-state index contributed by atoms with van der Waals surface area (Å²) in [5.74, 6) is 0. The Balaban J connectivity index is -0.00000264. The summed E-state index contributed by atoms with van der Waals surface area (Å²) >= 11 is 0. The van der Waals surface area contributed by atoms with Crippen molar-refractivity contribution in [2.75, 3.05) is 20.6 Å². The zero-order valence-corrected chi connectivity index (χ0v) is 19.3. The van der Waals surface area contributed by atoms with Crippen molar-refractivity contribution in [3.05, 3.63) is 0 Å². The van der Waals surface area contributed by atoms with Gasteiger partial charge in [-0.1, -0.05) is 96.8 Å². The lowest BCUT2D eigenvalue weighted by Gasteiger charge is -2.24. The molecule has 162 valence electrons. The van der Waals surface area contributed by atoms with E-state index in [4.69, 9.17) is 5.73 Å². The summed E-state index contributed by atoms with van der Waals surface area (Å²) in [5, 5.41) is 0. The Hall–Kier alpha value is 0.170. The number of unbranched alkanes of at least 4 members (excludes halogenated alkanes) is 13. The van der Waals surface area contributed by atoms with Gasteiger partial charge in [0, 0.05) is 6.04 Å². The highest BCUT2D eigenvalue weighted by Crippen LogP contribution is 2.16. The molecule has 0 saturated carbocycles. The Morgan fingerprint density at radius 3 is 1.31 bits per heavy atom. The van der Waals surface area contributed by atoms with E-state index in [1.165, 1.54) is 109 Å². The molecule has 1 atom stereocenters. The Kier molecular flexibility index (Phi) is 29.9. The molecule has 0 aromatic heterocycles. The van der Waals surface area contributed by atoms with Crippen LogP contribution in [0.1, 0.15) is 116 Å². The van der Waals surface area contributed by atoms with Gasteiger partial charge in [-0.2, -0.15) is 0 Å². The lowest BCUT2D eigenvalue weighted by atomic mass is 10.0.